The van der Waals surface area contributed by atoms with E-state index in [1.54, 1.807) is 24.3 Å². The second-order valence-corrected chi connectivity index (χ2v) is 10.7. The maximum atomic E-state index is 14.4. The zero-order valence-corrected chi connectivity index (χ0v) is 21.6. The second-order valence-electron chi connectivity index (χ2n) is 10.3. The average Bonchev–Trinajstić information content (AvgIpc) is 3.23. The quantitative estimate of drug-likeness (QED) is 0.220. The van der Waals surface area contributed by atoms with Crippen LogP contribution in [0.4, 0.5) is 11.4 Å². The molecule has 2 unspecified atom stereocenters. The Bertz CT molecular complexity index is 1590. The summed E-state index contributed by atoms with van der Waals surface area (Å²) in [5.74, 6) is -1.81. The van der Waals surface area contributed by atoms with Gasteiger partial charge in [0.1, 0.15) is 0 Å². The predicted octanol–water partition coefficient (Wildman–Crippen LogP) is 6.86. The lowest BCUT2D eigenvalue weighted by atomic mass is 9.47. The van der Waals surface area contributed by atoms with E-state index in [0.717, 1.165) is 34.4 Å². The van der Waals surface area contributed by atoms with Crippen LogP contribution in [0, 0.1) is 11.8 Å². The fraction of sp³-hybridized carbons (Fsp3) is 0.182. The van der Waals surface area contributed by atoms with Crippen molar-refractivity contribution in [3.63, 3.8) is 0 Å². The summed E-state index contributed by atoms with van der Waals surface area (Å²) in [5, 5.41) is 0.383. The molecule has 5 heteroatoms. The minimum Gasteiger partial charge on any atom is -0.274 e. The molecule has 1 saturated heterocycles. The normalized spacial score (nSPS) is 25.0. The van der Waals surface area contributed by atoms with Crippen LogP contribution < -0.4 is 4.90 Å². The summed E-state index contributed by atoms with van der Waals surface area (Å²) >= 11 is 6.53. The lowest BCUT2D eigenvalue weighted by Crippen LogP contribution is -2.54. The Balaban J connectivity index is 1.49. The molecule has 0 N–H and O–H groups in total. The zero-order chi connectivity index (χ0) is 26.0. The topological polar surface area (TPSA) is 49.7 Å². The molecular formula is C33H25ClN2O2. The SMILES string of the molecule is CCc1ccc(N=CC23c4ccccc4C(c4ccccc42)C2C(=O)N(c4ccccc4Cl)C(=O)C23)cc1. The number of aliphatic imine (C=N–C) groups is 1. The number of carbonyl (C=O) groups excluding carboxylic acids is 2. The maximum absolute atomic E-state index is 14.4. The van der Waals surface area contributed by atoms with Crippen LogP contribution in [0.15, 0.2) is 102 Å². The van der Waals surface area contributed by atoms with Gasteiger partial charge in [0, 0.05) is 12.1 Å². The van der Waals surface area contributed by atoms with Gasteiger partial charge in [-0.05, 0) is 58.5 Å². The Morgan fingerprint density at radius 3 is 2.05 bits per heavy atom. The molecule has 0 spiro atoms. The van der Waals surface area contributed by atoms with Crippen molar-refractivity contribution < 1.29 is 9.59 Å². The molecule has 4 nitrogen and oxygen atoms in total. The van der Waals surface area contributed by atoms with Crippen molar-refractivity contribution in [2.24, 2.45) is 16.8 Å². The molecule has 2 atom stereocenters. The molecule has 186 valence electrons. The van der Waals surface area contributed by atoms with E-state index in [9.17, 15) is 9.59 Å². The lowest BCUT2D eigenvalue weighted by molar-refractivity contribution is -0.122. The van der Waals surface area contributed by atoms with E-state index < -0.39 is 17.3 Å². The summed E-state index contributed by atoms with van der Waals surface area (Å²) in [5.41, 5.74) is 5.86. The molecule has 4 aromatic carbocycles. The van der Waals surface area contributed by atoms with Gasteiger partial charge >= 0.3 is 0 Å². The highest BCUT2D eigenvalue weighted by Crippen LogP contribution is 2.64. The van der Waals surface area contributed by atoms with Crippen molar-refractivity contribution in [2.45, 2.75) is 24.7 Å². The number of hydrogen-bond acceptors (Lipinski definition) is 3. The molecule has 1 fully saturated rings. The number of carbonyl (C=O) groups is 2. The first-order valence-corrected chi connectivity index (χ1v) is 13.4. The van der Waals surface area contributed by atoms with Crippen LogP contribution in [0.2, 0.25) is 5.02 Å². The third-order valence-corrected chi connectivity index (χ3v) is 8.86. The number of aryl methyl sites for hydroxylation is 1. The molecule has 1 aliphatic heterocycles. The number of benzene rings is 4. The van der Waals surface area contributed by atoms with Crippen molar-refractivity contribution >= 4 is 41.0 Å². The van der Waals surface area contributed by atoms with E-state index in [-0.39, 0.29) is 17.7 Å². The maximum Gasteiger partial charge on any atom is 0.239 e. The molecule has 3 aliphatic carbocycles. The number of hydrogen-bond donors (Lipinski definition) is 0. The first-order chi connectivity index (χ1) is 18.6. The molecule has 2 amide bonds. The van der Waals surface area contributed by atoms with E-state index in [1.807, 2.05) is 42.6 Å². The standard InChI is InChI=1S/C33H25ClN2O2/c1-2-20-15-17-21(18-16-20)35-19-33-24-11-5-3-9-22(24)28(23-10-4-6-12-25(23)33)29-30(33)32(38)36(31(29)37)27-14-8-7-13-26(27)34/h3-19,28-30H,2H2,1H3. The van der Waals surface area contributed by atoms with Crippen molar-refractivity contribution in [2.75, 3.05) is 4.90 Å². The Kier molecular flexibility index (Phi) is 5.17. The van der Waals surface area contributed by atoms with Gasteiger partial charge in [-0.3, -0.25) is 14.6 Å². The van der Waals surface area contributed by atoms with Crippen LogP contribution in [0.25, 0.3) is 0 Å². The van der Waals surface area contributed by atoms with Crippen molar-refractivity contribution in [3.05, 3.63) is 130 Å². The highest BCUT2D eigenvalue weighted by atomic mass is 35.5. The molecule has 2 bridgehead atoms. The van der Waals surface area contributed by atoms with E-state index in [4.69, 9.17) is 16.6 Å². The zero-order valence-electron chi connectivity index (χ0n) is 20.8. The number of imide groups is 1. The van der Waals surface area contributed by atoms with Gasteiger partial charge < -0.3 is 0 Å². The number of para-hydroxylation sites is 1. The summed E-state index contributed by atoms with van der Waals surface area (Å²) in [6.07, 6.45) is 2.88. The van der Waals surface area contributed by atoms with Gasteiger partial charge in [-0.25, -0.2) is 4.90 Å². The number of halogens is 1. The second kappa shape index (κ2) is 8.50. The highest BCUT2D eigenvalue weighted by molar-refractivity contribution is 6.36. The van der Waals surface area contributed by atoms with Crippen molar-refractivity contribution in [3.8, 4) is 0 Å². The average molecular weight is 517 g/mol. The molecule has 0 saturated carbocycles. The van der Waals surface area contributed by atoms with Crippen molar-refractivity contribution in [1.82, 2.24) is 0 Å². The van der Waals surface area contributed by atoms with Gasteiger partial charge in [-0.15, -0.1) is 0 Å². The van der Waals surface area contributed by atoms with E-state index >= 15 is 0 Å². The molecular weight excluding hydrogens is 492 g/mol. The Morgan fingerprint density at radius 1 is 0.816 bits per heavy atom. The fourth-order valence-electron chi connectivity index (χ4n) is 6.91. The number of nitrogens with zero attached hydrogens (tertiary/aromatic N) is 2. The molecule has 4 aromatic rings. The third-order valence-electron chi connectivity index (χ3n) is 8.54. The summed E-state index contributed by atoms with van der Waals surface area (Å²) in [6, 6.07) is 31.7. The first kappa shape index (κ1) is 23.1. The van der Waals surface area contributed by atoms with Crippen LogP contribution >= 0.6 is 11.6 Å². The minimum absolute atomic E-state index is 0.202. The van der Waals surface area contributed by atoms with E-state index in [1.165, 1.54) is 10.5 Å². The molecule has 8 rings (SSSR count). The molecule has 1 heterocycles. The van der Waals surface area contributed by atoms with E-state index in [2.05, 4.69) is 43.3 Å². The smallest absolute Gasteiger partial charge is 0.239 e. The van der Waals surface area contributed by atoms with Gasteiger partial charge in [0.25, 0.3) is 0 Å². The largest absolute Gasteiger partial charge is 0.274 e. The molecule has 0 radical (unpaired) electrons. The van der Waals surface area contributed by atoms with Gasteiger partial charge in [-0.1, -0.05) is 91.3 Å². The van der Waals surface area contributed by atoms with Gasteiger partial charge in [0.05, 0.1) is 33.6 Å². The molecule has 0 aromatic heterocycles. The van der Waals surface area contributed by atoms with Crippen LogP contribution in [0.3, 0.4) is 0 Å². The Labute approximate surface area is 226 Å². The molecule has 4 aliphatic rings. The summed E-state index contributed by atoms with van der Waals surface area (Å²) in [6.45, 7) is 2.12. The first-order valence-electron chi connectivity index (χ1n) is 13.0. The van der Waals surface area contributed by atoms with Crippen molar-refractivity contribution in [1.29, 1.82) is 0 Å². The summed E-state index contributed by atoms with van der Waals surface area (Å²) in [4.78, 5) is 34.9. The van der Waals surface area contributed by atoms with Gasteiger partial charge in [-0.2, -0.15) is 0 Å². The monoisotopic (exact) mass is 516 g/mol. The van der Waals surface area contributed by atoms with Gasteiger partial charge in [0.2, 0.25) is 11.8 Å². The highest BCUT2D eigenvalue weighted by Gasteiger charge is 2.68. The Morgan fingerprint density at radius 2 is 1.42 bits per heavy atom. The van der Waals surface area contributed by atoms with Crippen LogP contribution in [0.1, 0.15) is 40.7 Å². The molecule has 38 heavy (non-hydrogen) atoms. The van der Waals surface area contributed by atoms with E-state index in [0.29, 0.717) is 10.7 Å². The van der Waals surface area contributed by atoms with Crippen LogP contribution in [-0.4, -0.2) is 18.0 Å². The minimum atomic E-state index is -0.890. The number of anilines is 1. The third kappa shape index (κ3) is 3.01. The lowest BCUT2D eigenvalue weighted by Gasteiger charge is -2.52. The summed E-state index contributed by atoms with van der Waals surface area (Å²) < 4.78 is 0. The predicted molar refractivity (Wildman–Crippen MR) is 150 cm³/mol. The van der Waals surface area contributed by atoms with Gasteiger partial charge in [0.15, 0.2) is 0 Å². The van der Waals surface area contributed by atoms with Crippen LogP contribution in [0.5, 0.6) is 0 Å². The number of amides is 2. The summed E-state index contributed by atoms with van der Waals surface area (Å²) in [7, 11) is 0. The fourth-order valence-corrected chi connectivity index (χ4v) is 7.13. The number of rotatable bonds is 4. The van der Waals surface area contributed by atoms with Crippen LogP contribution in [-0.2, 0) is 21.4 Å². The Hall–Kier alpha value is -4.02.